The SMILES string of the molecule is CC(O)CC(CNC(=O)N(C)CC(C)(C)C)c1ccccc1. The average molecular weight is 306 g/mol. The number of carbonyl (C=O) groups excluding carboxylic acids is 1. The van der Waals surface area contributed by atoms with Crippen LogP contribution < -0.4 is 5.32 Å². The van der Waals surface area contributed by atoms with Crippen LogP contribution in [0.1, 0.15) is 45.6 Å². The predicted molar refractivity (Wildman–Crippen MR) is 91.0 cm³/mol. The lowest BCUT2D eigenvalue weighted by Crippen LogP contribution is -2.43. The van der Waals surface area contributed by atoms with Crippen LogP contribution in [0, 0.1) is 5.41 Å². The highest BCUT2D eigenvalue weighted by Gasteiger charge is 2.19. The summed E-state index contributed by atoms with van der Waals surface area (Å²) in [6.07, 6.45) is 0.238. The highest BCUT2D eigenvalue weighted by Crippen LogP contribution is 2.20. The zero-order valence-electron chi connectivity index (χ0n) is 14.5. The largest absolute Gasteiger partial charge is 0.393 e. The molecule has 1 aromatic carbocycles. The lowest BCUT2D eigenvalue weighted by atomic mass is 9.93. The van der Waals surface area contributed by atoms with Gasteiger partial charge in [-0.2, -0.15) is 0 Å². The second kappa shape index (κ2) is 8.18. The Balaban J connectivity index is 2.62. The van der Waals surface area contributed by atoms with Crippen molar-refractivity contribution < 1.29 is 9.90 Å². The van der Waals surface area contributed by atoms with Crippen molar-refractivity contribution in [2.75, 3.05) is 20.1 Å². The number of aliphatic hydroxyl groups is 1. The quantitative estimate of drug-likeness (QED) is 0.848. The number of amides is 2. The lowest BCUT2D eigenvalue weighted by molar-refractivity contribution is 0.169. The topological polar surface area (TPSA) is 52.6 Å². The molecule has 4 heteroatoms. The van der Waals surface area contributed by atoms with Gasteiger partial charge in [-0.05, 0) is 24.3 Å². The maximum Gasteiger partial charge on any atom is 0.317 e. The van der Waals surface area contributed by atoms with Gasteiger partial charge in [0.25, 0.3) is 0 Å². The number of hydrogen-bond donors (Lipinski definition) is 2. The Bertz CT molecular complexity index is 452. The van der Waals surface area contributed by atoms with Crippen molar-refractivity contribution in [2.24, 2.45) is 5.41 Å². The molecular formula is C18H30N2O2. The van der Waals surface area contributed by atoms with Gasteiger partial charge in [-0.1, -0.05) is 51.1 Å². The van der Waals surface area contributed by atoms with Gasteiger partial charge in [0.1, 0.15) is 0 Å². The minimum atomic E-state index is -0.394. The van der Waals surface area contributed by atoms with E-state index in [1.54, 1.807) is 11.8 Å². The van der Waals surface area contributed by atoms with Crippen molar-refractivity contribution in [1.82, 2.24) is 10.2 Å². The molecule has 4 nitrogen and oxygen atoms in total. The van der Waals surface area contributed by atoms with E-state index in [-0.39, 0.29) is 17.4 Å². The van der Waals surface area contributed by atoms with Crippen molar-refractivity contribution in [3.05, 3.63) is 35.9 Å². The van der Waals surface area contributed by atoms with E-state index < -0.39 is 6.10 Å². The van der Waals surface area contributed by atoms with Crippen LogP contribution in [0.25, 0.3) is 0 Å². The van der Waals surface area contributed by atoms with E-state index in [1.165, 1.54) is 0 Å². The van der Waals surface area contributed by atoms with Crippen molar-refractivity contribution in [3.63, 3.8) is 0 Å². The molecule has 0 saturated carbocycles. The van der Waals surface area contributed by atoms with E-state index in [2.05, 4.69) is 26.1 Å². The first-order chi connectivity index (χ1) is 10.2. The van der Waals surface area contributed by atoms with Crippen molar-refractivity contribution in [3.8, 4) is 0 Å². The summed E-state index contributed by atoms with van der Waals surface area (Å²) >= 11 is 0. The third kappa shape index (κ3) is 6.94. The van der Waals surface area contributed by atoms with Gasteiger partial charge in [0, 0.05) is 26.1 Å². The summed E-state index contributed by atoms with van der Waals surface area (Å²) in [7, 11) is 1.81. The monoisotopic (exact) mass is 306 g/mol. The Morgan fingerprint density at radius 2 is 1.86 bits per heavy atom. The normalized spacial score (nSPS) is 14.3. The van der Waals surface area contributed by atoms with Crippen molar-refractivity contribution in [2.45, 2.75) is 46.1 Å². The van der Waals surface area contributed by atoms with Gasteiger partial charge in [-0.3, -0.25) is 0 Å². The molecule has 0 spiro atoms. The number of aliphatic hydroxyl groups excluding tert-OH is 1. The average Bonchev–Trinajstić information content (AvgIpc) is 2.41. The summed E-state index contributed by atoms with van der Waals surface area (Å²) in [4.78, 5) is 13.9. The van der Waals surface area contributed by atoms with E-state index in [0.717, 1.165) is 5.56 Å². The molecule has 0 aliphatic carbocycles. The Kier molecular flexibility index (Phi) is 6.88. The van der Waals surface area contributed by atoms with Gasteiger partial charge in [-0.15, -0.1) is 0 Å². The van der Waals surface area contributed by atoms with Crippen LogP contribution >= 0.6 is 0 Å². The van der Waals surface area contributed by atoms with Gasteiger partial charge in [0.05, 0.1) is 6.10 Å². The molecule has 0 heterocycles. The summed E-state index contributed by atoms with van der Waals surface area (Å²) < 4.78 is 0. The van der Waals surface area contributed by atoms with E-state index in [0.29, 0.717) is 19.5 Å². The summed E-state index contributed by atoms with van der Waals surface area (Å²) in [5.41, 5.74) is 1.21. The molecule has 2 unspecified atom stereocenters. The molecular weight excluding hydrogens is 276 g/mol. The Labute approximate surface area is 134 Å². The van der Waals surface area contributed by atoms with Crippen molar-refractivity contribution >= 4 is 6.03 Å². The second-order valence-electron chi connectivity index (χ2n) is 7.30. The molecule has 0 aromatic heterocycles. The fraction of sp³-hybridized carbons (Fsp3) is 0.611. The molecule has 1 aromatic rings. The lowest BCUT2D eigenvalue weighted by Gasteiger charge is -2.28. The minimum Gasteiger partial charge on any atom is -0.393 e. The number of nitrogens with one attached hydrogen (secondary N) is 1. The third-order valence-electron chi connectivity index (χ3n) is 3.45. The zero-order valence-corrected chi connectivity index (χ0v) is 14.5. The van der Waals surface area contributed by atoms with E-state index in [9.17, 15) is 9.90 Å². The van der Waals surface area contributed by atoms with Gasteiger partial charge in [-0.25, -0.2) is 4.79 Å². The standard InChI is InChI=1S/C18H30N2O2/c1-14(21)11-16(15-9-7-6-8-10-15)12-19-17(22)20(5)13-18(2,3)4/h6-10,14,16,21H,11-13H2,1-5H3,(H,19,22). The smallest absolute Gasteiger partial charge is 0.317 e. The summed E-state index contributed by atoms with van der Waals surface area (Å²) in [6, 6.07) is 9.95. The second-order valence-corrected chi connectivity index (χ2v) is 7.30. The summed E-state index contributed by atoms with van der Waals surface area (Å²) in [6.45, 7) is 9.34. The van der Waals surface area contributed by atoms with Gasteiger partial charge < -0.3 is 15.3 Å². The number of carbonyl (C=O) groups is 1. The predicted octanol–water partition coefficient (Wildman–Crippen LogP) is 3.23. The maximum atomic E-state index is 12.2. The number of rotatable bonds is 6. The Morgan fingerprint density at radius 1 is 1.27 bits per heavy atom. The first kappa shape index (κ1) is 18.5. The van der Waals surface area contributed by atoms with E-state index in [4.69, 9.17) is 0 Å². The summed E-state index contributed by atoms with van der Waals surface area (Å²) in [5, 5.41) is 12.7. The Morgan fingerprint density at radius 3 is 2.36 bits per heavy atom. The van der Waals surface area contributed by atoms with Crippen LogP contribution in [-0.2, 0) is 0 Å². The fourth-order valence-corrected chi connectivity index (χ4v) is 2.60. The van der Waals surface area contributed by atoms with Crippen LogP contribution in [0.4, 0.5) is 4.79 Å². The van der Waals surface area contributed by atoms with Gasteiger partial charge >= 0.3 is 6.03 Å². The van der Waals surface area contributed by atoms with Gasteiger partial charge in [0.2, 0.25) is 0 Å². The molecule has 0 aliphatic heterocycles. The number of nitrogens with zero attached hydrogens (tertiary/aromatic N) is 1. The number of benzene rings is 1. The minimum absolute atomic E-state index is 0.0681. The molecule has 0 saturated heterocycles. The molecule has 1 rings (SSSR count). The molecule has 0 bridgehead atoms. The van der Waals surface area contributed by atoms with Gasteiger partial charge in [0.15, 0.2) is 0 Å². The van der Waals surface area contributed by atoms with Crippen molar-refractivity contribution in [1.29, 1.82) is 0 Å². The molecule has 2 amide bonds. The van der Waals surface area contributed by atoms with Crippen LogP contribution in [0.3, 0.4) is 0 Å². The molecule has 0 fully saturated rings. The van der Waals surface area contributed by atoms with E-state index in [1.807, 2.05) is 37.4 Å². The third-order valence-corrected chi connectivity index (χ3v) is 3.45. The van der Waals surface area contributed by atoms with Crippen LogP contribution in [0.15, 0.2) is 30.3 Å². The highest BCUT2D eigenvalue weighted by molar-refractivity contribution is 5.73. The number of hydrogen-bond acceptors (Lipinski definition) is 2. The Hall–Kier alpha value is -1.55. The first-order valence-electron chi connectivity index (χ1n) is 7.91. The van der Waals surface area contributed by atoms with Crippen LogP contribution in [-0.4, -0.2) is 42.3 Å². The molecule has 22 heavy (non-hydrogen) atoms. The molecule has 0 radical (unpaired) electrons. The van der Waals surface area contributed by atoms with Crippen LogP contribution in [0.2, 0.25) is 0 Å². The van der Waals surface area contributed by atoms with E-state index >= 15 is 0 Å². The maximum absolute atomic E-state index is 12.2. The molecule has 2 N–H and O–H groups in total. The molecule has 2 atom stereocenters. The fourth-order valence-electron chi connectivity index (χ4n) is 2.60. The molecule has 0 aliphatic rings. The zero-order chi connectivity index (χ0) is 16.8. The van der Waals surface area contributed by atoms with Crippen LogP contribution in [0.5, 0.6) is 0 Å². The molecule has 124 valence electrons. The first-order valence-corrected chi connectivity index (χ1v) is 7.91. The summed E-state index contributed by atoms with van der Waals surface area (Å²) in [5.74, 6) is 0.119. The number of urea groups is 1. The highest BCUT2D eigenvalue weighted by atomic mass is 16.3.